The lowest BCUT2D eigenvalue weighted by atomic mass is 10.0. The third kappa shape index (κ3) is 7.76. The van der Waals surface area contributed by atoms with Crippen molar-refractivity contribution < 1.29 is 19.5 Å². The molecule has 0 saturated heterocycles. The number of rotatable bonds is 9. The van der Waals surface area contributed by atoms with Crippen molar-refractivity contribution in [3.8, 4) is 0 Å². The molecule has 3 N–H and O–H groups in total. The largest absolute Gasteiger partial charge is 0.480 e. The van der Waals surface area contributed by atoms with Crippen molar-refractivity contribution in [3.05, 3.63) is 0 Å². The summed E-state index contributed by atoms with van der Waals surface area (Å²) in [6.07, 6.45) is 2.46. The van der Waals surface area contributed by atoms with Crippen LogP contribution in [0.25, 0.3) is 0 Å². The molecule has 0 fully saturated rings. The maximum Gasteiger partial charge on any atom is 0.326 e. The van der Waals surface area contributed by atoms with E-state index >= 15 is 0 Å². The van der Waals surface area contributed by atoms with E-state index in [1.54, 1.807) is 0 Å². The monoisotopic (exact) mass is 286 g/mol. The molecule has 0 spiro atoms. The molecule has 0 aromatic rings. The Morgan fingerprint density at radius 3 is 2.10 bits per heavy atom. The Morgan fingerprint density at radius 2 is 1.70 bits per heavy atom. The van der Waals surface area contributed by atoms with Crippen molar-refractivity contribution in [3.63, 3.8) is 0 Å². The molecule has 0 rings (SSSR count). The highest BCUT2D eigenvalue weighted by molar-refractivity contribution is 5.89. The van der Waals surface area contributed by atoms with Crippen molar-refractivity contribution >= 4 is 17.8 Å². The molecule has 0 aliphatic carbocycles. The van der Waals surface area contributed by atoms with Crippen molar-refractivity contribution in [1.82, 2.24) is 10.6 Å². The minimum atomic E-state index is -1.04. The van der Waals surface area contributed by atoms with Gasteiger partial charge in [0.1, 0.15) is 12.1 Å². The van der Waals surface area contributed by atoms with Gasteiger partial charge in [0.2, 0.25) is 11.8 Å². The summed E-state index contributed by atoms with van der Waals surface area (Å²) < 4.78 is 0. The van der Waals surface area contributed by atoms with E-state index in [4.69, 9.17) is 5.11 Å². The predicted molar refractivity (Wildman–Crippen MR) is 76.2 cm³/mol. The topological polar surface area (TPSA) is 95.5 Å². The Bertz CT molecular complexity index is 342. The summed E-state index contributed by atoms with van der Waals surface area (Å²) >= 11 is 0. The summed E-state index contributed by atoms with van der Waals surface area (Å²) in [6, 6.07) is -1.58. The quantitative estimate of drug-likeness (QED) is 0.595. The highest BCUT2D eigenvalue weighted by Crippen LogP contribution is 2.07. The van der Waals surface area contributed by atoms with E-state index in [1.807, 2.05) is 20.8 Å². The number of aliphatic carboxylic acids is 1. The Balaban J connectivity index is 4.68. The standard InChI is InChI=1S/C14H26N2O4/c1-5-6-7-11(14(19)20)16-13(18)12(8-9(2)3)15-10(4)17/h9,11-12H,5-8H2,1-4H3,(H,15,17)(H,16,18)(H,19,20)/t11-,12-/m0/s1. The number of nitrogens with one attached hydrogen (secondary N) is 2. The average molecular weight is 286 g/mol. The van der Waals surface area contributed by atoms with Gasteiger partial charge in [0.05, 0.1) is 0 Å². The minimum absolute atomic E-state index is 0.219. The Morgan fingerprint density at radius 1 is 1.10 bits per heavy atom. The summed E-state index contributed by atoms with van der Waals surface area (Å²) in [5, 5.41) is 14.2. The van der Waals surface area contributed by atoms with Gasteiger partial charge in [-0.25, -0.2) is 4.79 Å². The van der Waals surface area contributed by atoms with Gasteiger partial charge in [-0.3, -0.25) is 9.59 Å². The molecular formula is C14H26N2O4. The van der Waals surface area contributed by atoms with Gasteiger partial charge in [0, 0.05) is 6.92 Å². The van der Waals surface area contributed by atoms with Gasteiger partial charge in [-0.2, -0.15) is 0 Å². The first-order valence-electron chi connectivity index (χ1n) is 7.08. The molecule has 0 aromatic carbocycles. The number of hydrogen-bond donors (Lipinski definition) is 3. The van der Waals surface area contributed by atoms with E-state index in [2.05, 4.69) is 10.6 Å². The van der Waals surface area contributed by atoms with Gasteiger partial charge in [0.25, 0.3) is 0 Å². The highest BCUT2D eigenvalue weighted by atomic mass is 16.4. The van der Waals surface area contributed by atoms with Gasteiger partial charge in [-0.05, 0) is 18.8 Å². The summed E-state index contributed by atoms with van der Waals surface area (Å²) in [5.74, 6) is -1.56. The van der Waals surface area contributed by atoms with Crippen molar-refractivity contribution in [2.24, 2.45) is 5.92 Å². The summed E-state index contributed by atoms with van der Waals surface area (Å²) in [7, 11) is 0. The van der Waals surface area contributed by atoms with Crippen LogP contribution in [0.5, 0.6) is 0 Å². The molecule has 0 aliphatic heterocycles. The van der Waals surface area contributed by atoms with Crippen LogP contribution in [0.1, 0.15) is 53.4 Å². The lowest BCUT2D eigenvalue weighted by Gasteiger charge is -2.22. The zero-order chi connectivity index (χ0) is 15.7. The first kappa shape index (κ1) is 18.4. The van der Waals surface area contributed by atoms with E-state index in [0.717, 1.165) is 12.8 Å². The van der Waals surface area contributed by atoms with Crippen LogP contribution in [-0.2, 0) is 14.4 Å². The Labute approximate surface area is 120 Å². The number of unbranched alkanes of at least 4 members (excludes halogenated alkanes) is 1. The third-order valence-corrected chi connectivity index (χ3v) is 2.86. The van der Waals surface area contributed by atoms with E-state index in [1.165, 1.54) is 6.92 Å². The third-order valence-electron chi connectivity index (χ3n) is 2.86. The van der Waals surface area contributed by atoms with Crippen molar-refractivity contribution in [1.29, 1.82) is 0 Å². The second-order valence-electron chi connectivity index (χ2n) is 5.42. The number of amides is 2. The molecule has 0 bridgehead atoms. The predicted octanol–water partition coefficient (Wildman–Crippen LogP) is 1.30. The smallest absolute Gasteiger partial charge is 0.326 e. The van der Waals surface area contributed by atoms with Gasteiger partial charge < -0.3 is 15.7 Å². The summed E-state index contributed by atoms with van der Waals surface area (Å²) in [5.41, 5.74) is 0. The number of carbonyl (C=O) groups excluding carboxylic acids is 2. The molecule has 0 unspecified atom stereocenters. The molecule has 2 atom stereocenters. The second-order valence-corrected chi connectivity index (χ2v) is 5.42. The van der Waals surface area contributed by atoms with Crippen LogP contribution in [0, 0.1) is 5.92 Å². The molecule has 20 heavy (non-hydrogen) atoms. The van der Waals surface area contributed by atoms with Gasteiger partial charge in [-0.1, -0.05) is 33.6 Å². The molecule has 6 heteroatoms. The molecule has 0 aromatic heterocycles. The maximum absolute atomic E-state index is 12.1. The number of carboxylic acids is 1. The van der Waals surface area contributed by atoms with E-state index in [9.17, 15) is 14.4 Å². The first-order chi connectivity index (χ1) is 9.27. The summed E-state index contributed by atoms with van der Waals surface area (Å²) in [6.45, 7) is 7.17. The van der Waals surface area contributed by atoms with Crippen LogP contribution in [-0.4, -0.2) is 35.0 Å². The van der Waals surface area contributed by atoms with E-state index in [-0.39, 0.29) is 11.8 Å². The lowest BCUT2D eigenvalue weighted by Crippen LogP contribution is -2.51. The number of hydrogen-bond acceptors (Lipinski definition) is 3. The van der Waals surface area contributed by atoms with Crippen LogP contribution in [0.2, 0.25) is 0 Å². The number of carbonyl (C=O) groups is 3. The fourth-order valence-corrected chi connectivity index (χ4v) is 1.89. The number of carboxylic acid groups (broad SMARTS) is 1. The van der Waals surface area contributed by atoms with Gasteiger partial charge in [-0.15, -0.1) is 0 Å². The maximum atomic E-state index is 12.1. The van der Waals surface area contributed by atoms with Crippen LogP contribution < -0.4 is 10.6 Å². The van der Waals surface area contributed by atoms with Crippen LogP contribution in [0.15, 0.2) is 0 Å². The molecule has 0 saturated carbocycles. The van der Waals surface area contributed by atoms with Crippen LogP contribution in [0.4, 0.5) is 0 Å². The molecule has 0 heterocycles. The molecule has 116 valence electrons. The first-order valence-corrected chi connectivity index (χ1v) is 7.08. The fourth-order valence-electron chi connectivity index (χ4n) is 1.89. The SMILES string of the molecule is CCCC[C@H](NC(=O)[C@H](CC(C)C)NC(C)=O)C(=O)O. The molecule has 0 aliphatic rings. The highest BCUT2D eigenvalue weighted by Gasteiger charge is 2.25. The van der Waals surface area contributed by atoms with E-state index in [0.29, 0.717) is 12.8 Å². The molecule has 0 radical (unpaired) electrons. The molecule has 6 nitrogen and oxygen atoms in total. The zero-order valence-electron chi connectivity index (χ0n) is 12.7. The van der Waals surface area contributed by atoms with Crippen LogP contribution >= 0.6 is 0 Å². The van der Waals surface area contributed by atoms with Crippen molar-refractivity contribution in [2.75, 3.05) is 0 Å². The summed E-state index contributed by atoms with van der Waals surface area (Å²) in [4.78, 5) is 34.3. The van der Waals surface area contributed by atoms with Crippen molar-refractivity contribution in [2.45, 2.75) is 65.5 Å². The average Bonchev–Trinajstić information content (AvgIpc) is 2.31. The molecule has 2 amide bonds. The second kappa shape index (κ2) is 9.34. The minimum Gasteiger partial charge on any atom is -0.480 e. The molecular weight excluding hydrogens is 260 g/mol. The fraction of sp³-hybridized carbons (Fsp3) is 0.786. The van der Waals surface area contributed by atoms with Crippen LogP contribution in [0.3, 0.4) is 0 Å². The van der Waals surface area contributed by atoms with Gasteiger partial charge >= 0.3 is 5.97 Å². The van der Waals surface area contributed by atoms with Gasteiger partial charge in [0.15, 0.2) is 0 Å². The lowest BCUT2D eigenvalue weighted by molar-refractivity contribution is -0.142. The Kier molecular flexibility index (Phi) is 8.59. The normalized spacial score (nSPS) is 13.7. The zero-order valence-corrected chi connectivity index (χ0v) is 12.7. The Hall–Kier alpha value is -1.59. The van der Waals surface area contributed by atoms with E-state index < -0.39 is 24.0 Å².